The van der Waals surface area contributed by atoms with Crippen molar-refractivity contribution >= 4 is 28.8 Å². The molecular formula is C13H13N3O2S. The van der Waals surface area contributed by atoms with Gasteiger partial charge in [0, 0.05) is 18.7 Å². The van der Waals surface area contributed by atoms with Crippen LogP contribution < -0.4 is 10.6 Å². The molecule has 98 valence electrons. The first-order chi connectivity index (χ1) is 9.00. The minimum absolute atomic E-state index is 0.242. The van der Waals surface area contributed by atoms with Crippen molar-refractivity contribution in [3.63, 3.8) is 0 Å². The van der Waals surface area contributed by atoms with E-state index in [1.54, 1.807) is 32.2 Å². The normalized spacial score (nSPS) is 10.2. The molecule has 1 amide bonds. The highest BCUT2D eigenvalue weighted by molar-refractivity contribution is 7.80. The number of aromatic nitrogens is 1. The van der Waals surface area contributed by atoms with Gasteiger partial charge >= 0.3 is 0 Å². The number of thiocarbonyl (C=S) groups is 1. The van der Waals surface area contributed by atoms with E-state index >= 15 is 0 Å². The van der Waals surface area contributed by atoms with E-state index in [1.165, 1.54) is 4.90 Å². The Morgan fingerprint density at radius 3 is 2.68 bits per heavy atom. The monoisotopic (exact) mass is 275 g/mol. The third-order valence-corrected chi connectivity index (χ3v) is 2.90. The van der Waals surface area contributed by atoms with Crippen LogP contribution in [0.2, 0.25) is 0 Å². The van der Waals surface area contributed by atoms with Crippen LogP contribution in [0.3, 0.4) is 0 Å². The van der Waals surface area contributed by atoms with Crippen molar-refractivity contribution in [2.75, 3.05) is 11.9 Å². The van der Waals surface area contributed by atoms with Gasteiger partial charge in [0.15, 0.2) is 5.69 Å². The number of aryl methyl sites for hydroxylation is 1. The summed E-state index contributed by atoms with van der Waals surface area (Å²) < 4.78 is 4.90. The Balaban J connectivity index is 2.37. The van der Waals surface area contributed by atoms with Crippen LogP contribution in [0.5, 0.6) is 0 Å². The Morgan fingerprint density at radius 1 is 1.42 bits per heavy atom. The molecule has 6 heteroatoms. The number of rotatable bonds is 3. The minimum atomic E-state index is -0.277. The van der Waals surface area contributed by atoms with Crippen molar-refractivity contribution in [2.45, 2.75) is 6.92 Å². The highest BCUT2D eigenvalue weighted by Crippen LogP contribution is 2.20. The number of nitrogens with zero attached hydrogens (tertiary/aromatic N) is 2. The lowest BCUT2D eigenvalue weighted by Gasteiger charge is -2.18. The molecule has 0 saturated heterocycles. The third kappa shape index (κ3) is 2.63. The number of hydrogen-bond donors (Lipinski definition) is 1. The molecule has 0 radical (unpaired) electrons. The number of amides is 1. The summed E-state index contributed by atoms with van der Waals surface area (Å²) >= 11 is 4.98. The van der Waals surface area contributed by atoms with Gasteiger partial charge in [-0.1, -0.05) is 29.5 Å². The van der Waals surface area contributed by atoms with Crippen LogP contribution >= 0.6 is 12.2 Å². The summed E-state index contributed by atoms with van der Waals surface area (Å²) in [6.45, 7) is 1.73. The van der Waals surface area contributed by atoms with Crippen LogP contribution in [0.25, 0.3) is 0 Å². The molecular weight excluding hydrogens is 262 g/mol. The predicted molar refractivity (Wildman–Crippen MR) is 76.3 cm³/mol. The first-order valence-electron chi connectivity index (χ1n) is 5.61. The maximum absolute atomic E-state index is 12.3. The van der Waals surface area contributed by atoms with E-state index in [2.05, 4.69) is 5.16 Å². The van der Waals surface area contributed by atoms with E-state index in [0.717, 1.165) is 0 Å². The molecule has 1 heterocycles. The van der Waals surface area contributed by atoms with Gasteiger partial charge in [0.05, 0.1) is 5.69 Å². The third-order valence-electron chi connectivity index (χ3n) is 2.68. The smallest absolute Gasteiger partial charge is 0.280 e. The van der Waals surface area contributed by atoms with Crippen LogP contribution in [0.15, 0.2) is 34.9 Å². The standard InChI is InChI=1S/C13H13N3O2S/c1-8-7-10(15-18-8)13(17)16(2)11-6-4-3-5-9(11)12(14)19/h3-7H,1-2H3,(H2,14,19). The molecule has 0 fully saturated rings. The lowest BCUT2D eigenvalue weighted by Crippen LogP contribution is -2.29. The second-order valence-corrected chi connectivity index (χ2v) is 4.51. The Kier molecular flexibility index (Phi) is 3.62. The van der Waals surface area contributed by atoms with Crippen LogP contribution in [0, 0.1) is 6.92 Å². The van der Waals surface area contributed by atoms with E-state index < -0.39 is 0 Å². The van der Waals surface area contributed by atoms with Gasteiger partial charge in [-0.05, 0) is 19.1 Å². The van der Waals surface area contributed by atoms with Crippen molar-refractivity contribution in [3.05, 3.63) is 47.3 Å². The SMILES string of the molecule is Cc1cc(C(=O)N(C)c2ccccc2C(N)=S)no1. The molecule has 0 aliphatic rings. The molecule has 0 saturated carbocycles. The number of benzene rings is 1. The lowest BCUT2D eigenvalue weighted by molar-refractivity contribution is 0.0984. The number of hydrogen-bond acceptors (Lipinski definition) is 4. The summed E-state index contributed by atoms with van der Waals surface area (Å²) in [5.41, 5.74) is 7.19. The van der Waals surface area contributed by atoms with Crippen LogP contribution in [0.4, 0.5) is 5.69 Å². The fourth-order valence-electron chi connectivity index (χ4n) is 1.72. The van der Waals surface area contributed by atoms with E-state index in [4.69, 9.17) is 22.5 Å². The summed E-state index contributed by atoms with van der Waals surface area (Å²) in [6.07, 6.45) is 0. The highest BCUT2D eigenvalue weighted by atomic mass is 32.1. The van der Waals surface area contributed by atoms with E-state index in [0.29, 0.717) is 17.0 Å². The maximum Gasteiger partial charge on any atom is 0.280 e. The van der Waals surface area contributed by atoms with Crippen molar-refractivity contribution < 1.29 is 9.32 Å². The summed E-state index contributed by atoms with van der Waals surface area (Å²) in [5.74, 6) is 0.305. The van der Waals surface area contributed by atoms with Crippen LogP contribution in [-0.2, 0) is 0 Å². The second-order valence-electron chi connectivity index (χ2n) is 4.07. The molecule has 2 rings (SSSR count). The summed E-state index contributed by atoms with van der Waals surface area (Å²) in [5, 5.41) is 3.71. The molecule has 0 bridgehead atoms. The van der Waals surface area contributed by atoms with Crippen molar-refractivity contribution in [1.29, 1.82) is 0 Å². The van der Waals surface area contributed by atoms with E-state index in [9.17, 15) is 4.79 Å². The molecule has 2 N–H and O–H groups in total. The van der Waals surface area contributed by atoms with Gasteiger partial charge in [0.1, 0.15) is 10.7 Å². The molecule has 0 aliphatic heterocycles. The molecule has 0 aliphatic carbocycles. The van der Waals surface area contributed by atoms with Gasteiger partial charge in [-0.2, -0.15) is 0 Å². The van der Waals surface area contributed by atoms with Crippen molar-refractivity contribution in [1.82, 2.24) is 5.16 Å². The molecule has 0 unspecified atom stereocenters. The molecule has 1 aromatic carbocycles. The van der Waals surface area contributed by atoms with Crippen LogP contribution in [0.1, 0.15) is 21.8 Å². The van der Waals surface area contributed by atoms with Gasteiger partial charge in [-0.3, -0.25) is 4.79 Å². The maximum atomic E-state index is 12.3. The summed E-state index contributed by atoms with van der Waals surface area (Å²) in [4.78, 5) is 13.9. The van der Waals surface area contributed by atoms with Gasteiger partial charge < -0.3 is 15.2 Å². The van der Waals surface area contributed by atoms with E-state index in [1.807, 2.05) is 12.1 Å². The molecule has 5 nitrogen and oxygen atoms in total. The first-order valence-corrected chi connectivity index (χ1v) is 6.01. The number of anilines is 1. The number of carbonyl (C=O) groups is 1. The number of para-hydroxylation sites is 1. The Hall–Kier alpha value is -2.21. The topological polar surface area (TPSA) is 72.4 Å². The Labute approximate surface area is 116 Å². The van der Waals surface area contributed by atoms with Gasteiger partial charge in [-0.25, -0.2) is 0 Å². The molecule has 1 aromatic heterocycles. The van der Waals surface area contributed by atoms with Gasteiger partial charge in [-0.15, -0.1) is 0 Å². The number of nitrogens with two attached hydrogens (primary N) is 1. The largest absolute Gasteiger partial charge is 0.389 e. The van der Waals surface area contributed by atoms with Crippen molar-refractivity contribution in [2.24, 2.45) is 5.73 Å². The first kappa shape index (κ1) is 13.2. The quantitative estimate of drug-likeness (QED) is 0.866. The number of carbonyl (C=O) groups excluding carboxylic acids is 1. The zero-order valence-electron chi connectivity index (χ0n) is 10.6. The Bertz CT molecular complexity index is 636. The fraction of sp³-hybridized carbons (Fsp3) is 0.154. The average molecular weight is 275 g/mol. The Morgan fingerprint density at radius 2 is 2.11 bits per heavy atom. The predicted octanol–water partition coefficient (Wildman–Crippen LogP) is 1.89. The lowest BCUT2D eigenvalue weighted by atomic mass is 10.1. The molecule has 0 spiro atoms. The minimum Gasteiger partial charge on any atom is -0.389 e. The van der Waals surface area contributed by atoms with Crippen molar-refractivity contribution in [3.8, 4) is 0 Å². The second kappa shape index (κ2) is 5.19. The molecule has 0 atom stereocenters. The average Bonchev–Trinajstić information content (AvgIpc) is 2.83. The van der Waals surface area contributed by atoms with Crippen LogP contribution in [-0.4, -0.2) is 23.1 Å². The summed E-state index contributed by atoms with van der Waals surface area (Å²) in [7, 11) is 1.64. The zero-order chi connectivity index (χ0) is 14.0. The highest BCUT2D eigenvalue weighted by Gasteiger charge is 2.19. The summed E-state index contributed by atoms with van der Waals surface area (Å²) in [6, 6.07) is 8.77. The van der Waals surface area contributed by atoms with Gasteiger partial charge in [0.2, 0.25) is 0 Å². The molecule has 19 heavy (non-hydrogen) atoms. The van der Waals surface area contributed by atoms with Gasteiger partial charge in [0.25, 0.3) is 5.91 Å². The fourth-order valence-corrected chi connectivity index (χ4v) is 1.90. The zero-order valence-corrected chi connectivity index (χ0v) is 11.4. The molecule has 2 aromatic rings. The van der Waals surface area contributed by atoms with E-state index in [-0.39, 0.29) is 16.6 Å².